The Bertz CT molecular complexity index is 969. The Labute approximate surface area is 161 Å². The van der Waals surface area contributed by atoms with Crippen LogP contribution in [0.4, 0.5) is 5.69 Å². The molecule has 0 fully saturated rings. The van der Waals surface area contributed by atoms with Gasteiger partial charge >= 0.3 is 0 Å². The third-order valence-corrected chi connectivity index (χ3v) is 4.28. The SMILES string of the molecule is CC(C)N(Cc1nc(-c2ccccc2)no1)C(=O)Cc1ccccc1[N+](=O)[O-]. The van der Waals surface area contributed by atoms with Crippen molar-refractivity contribution in [2.24, 2.45) is 0 Å². The van der Waals surface area contributed by atoms with Gasteiger partial charge in [-0.2, -0.15) is 4.98 Å². The van der Waals surface area contributed by atoms with Crippen LogP contribution in [0, 0.1) is 10.1 Å². The lowest BCUT2D eigenvalue weighted by Gasteiger charge is -2.25. The molecule has 0 radical (unpaired) electrons. The Balaban J connectivity index is 1.76. The predicted octanol–water partition coefficient (Wildman–Crippen LogP) is 3.62. The number of aromatic nitrogens is 2. The summed E-state index contributed by atoms with van der Waals surface area (Å²) in [6, 6.07) is 15.5. The van der Waals surface area contributed by atoms with Gasteiger partial charge in [0.15, 0.2) is 0 Å². The molecule has 0 spiro atoms. The summed E-state index contributed by atoms with van der Waals surface area (Å²) in [5.41, 5.74) is 1.13. The second kappa shape index (κ2) is 8.43. The number of hydrogen-bond donors (Lipinski definition) is 0. The predicted molar refractivity (Wildman–Crippen MR) is 102 cm³/mol. The second-order valence-electron chi connectivity index (χ2n) is 6.56. The molecule has 2 aromatic carbocycles. The van der Waals surface area contributed by atoms with Gasteiger partial charge in [0.1, 0.15) is 6.54 Å². The molecular formula is C20H20N4O4. The van der Waals surface area contributed by atoms with E-state index in [0.717, 1.165) is 5.56 Å². The molecule has 3 aromatic rings. The van der Waals surface area contributed by atoms with E-state index < -0.39 is 4.92 Å². The molecule has 28 heavy (non-hydrogen) atoms. The first-order valence-electron chi connectivity index (χ1n) is 8.85. The standard InChI is InChI=1S/C20H20N4O4/c1-14(2)23(19(25)12-16-10-6-7-11-17(16)24(26)27)13-18-21-20(22-28-18)15-8-4-3-5-9-15/h3-11,14H,12-13H2,1-2H3. The van der Waals surface area contributed by atoms with Crippen LogP contribution in [0.1, 0.15) is 25.3 Å². The van der Waals surface area contributed by atoms with Crippen molar-refractivity contribution in [1.29, 1.82) is 0 Å². The Hall–Kier alpha value is -3.55. The average Bonchev–Trinajstić information content (AvgIpc) is 3.15. The molecule has 3 rings (SSSR count). The Morgan fingerprint density at radius 3 is 2.50 bits per heavy atom. The van der Waals surface area contributed by atoms with Crippen LogP contribution >= 0.6 is 0 Å². The lowest BCUT2D eigenvalue weighted by Crippen LogP contribution is -2.37. The fraction of sp³-hybridized carbons (Fsp3) is 0.250. The quantitative estimate of drug-likeness (QED) is 0.458. The number of para-hydroxylation sites is 1. The minimum absolute atomic E-state index is 0.0660. The van der Waals surface area contributed by atoms with E-state index in [2.05, 4.69) is 10.1 Å². The van der Waals surface area contributed by atoms with Gasteiger partial charge in [0, 0.05) is 23.2 Å². The van der Waals surface area contributed by atoms with Gasteiger partial charge in [0.05, 0.1) is 11.3 Å². The van der Waals surface area contributed by atoms with Crippen molar-refractivity contribution in [3.63, 3.8) is 0 Å². The van der Waals surface area contributed by atoms with Gasteiger partial charge in [-0.3, -0.25) is 14.9 Å². The number of carbonyl (C=O) groups is 1. The van der Waals surface area contributed by atoms with Crippen LogP contribution in [0.2, 0.25) is 0 Å². The normalized spacial score (nSPS) is 10.8. The molecule has 8 heteroatoms. The molecule has 1 aromatic heterocycles. The molecular weight excluding hydrogens is 360 g/mol. The molecule has 1 heterocycles. The first kappa shape index (κ1) is 19.2. The molecule has 0 aliphatic heterocycles. The van der Waals surface area contributed by atoms with Gasteiger partial charge in [-0.25, -0.2) is 0 Å². The zero-order chi connectivity index (χ0) is 20.1. The van der Waals surface area contributed by atoms with Gasteiger partial charge in [-0.1, -0.05) is 53.7 Å². The summed E-state index contributed by atoms with van der Waals surface area (Å²) in [6.07, 6.45) is -0.0744. The van der Waals surface area contributed by atoms with Gasteiger partial charge in [0.2, 0.25) is 17.6 Å². The highest BCUT2D eigenvalue weighted by atomic mass is 16.6. The monoisotopic (exact) mass is 380 g/mol. The van der Waals surface area contributed by atoms with Gasteiger partial charge in [-0.15, -0.1) is 0 Å². The average molecular weight is 380 g/mol. The number of nitro benzene ring substituents is 1. The minimum atomic E-state index is -0.480. The summed E-state index contributed by atoms with van der Waals surface area (Å²) < 4.78 is 5.30. The van der Waals surface area contributed by atoms with E-state index in [-0.39, 0.29) is 30.6 Å². The van der Waals surface area contributed by atoms with E-state index in [4.69, 9.17) is 4.52 Å². The number of benzene rings is 2. The Morgan fingerprint density at radius 1 is 1.14 bits per heavy atom. The summed E-state index contributed by atoms with van der Waals surface area (Å²) in [4.78, 5) is 29.5. The minimum Gasteiger partial charge on any atom is -0.337 e. The van der Waals surface area contributed by atoms with Crippen molar-refractivity contribution in [1.82, 2.24) is 15.0 Å². The molecule has 0 aliphatic carbocycles. The highest BCUT2D eigenvalue weighted by molar-refractivity contribution is 5.80. The van der Waals surface area contributed by atoms with Crippen LogP contribution in [0.25, 0.3) is 11.4 Å². The molecule has 144 valence electrons. The maximum atomic E-state index is 12.8. The molecule has 0 unspecified atom stereocenters. The fourth-order valence-electron chi connectivity index (χ4n) is 2.83. The van der Waals surface area contributed by atoms with E-state index in [9.17, 15) is 14.9 Å². The molecule has 0 aliphatic rings. The van der Waals surface area contributed by atoms with E-state index in [1.165, 1.54) is 6.07 Å². The number of amides is 1. The summed E-state index contributed by atoms with van der Waals surface area (Å²) in [5, 5.41) is 15.1. The molecule has 8 nitrogen and oxygen atoms in total. The van der Waals surface area contributed by atoms with Crippen molar-refractivity contribution in [3.05, 3.63) is 76.2 Å². The van der Waals surface area contributed by atoms with Crippen LogP contribution in [0.15, 0.2) is 59.1 Å². The highest BCUT2D eigenvalue weighted by Crippen LogP contribution is 2.21. The molecule has 0 atom stereocenters. The van der Waals surface area contributed by atoms with Crippen molar-refractivity contribution in [2.75, 3.05) is 0 Å². The zero-order valence-electron chi connectivity index (χ0n) is 15.6. The van der Waals surface area contributed by atoms with E-state index >= 15 is 0 Å². The summed E-state index contributed by atoms with van der Waals surface area (Å²) in [6.45, 7) is 3.87. The summed E-state index contributed by atoms with van der Waals surface area (Å²) in [7, 11) is 0. The van der Waals surface area contributed by atoms with E-state index in [0.29, 0.717) is 17.3 Å². The van der Waals surface area contributed by atoms with Crippen LogP contribution in [0.3, 0.4) is 0 Å². The lowest BCUT2D eigenvalue weighted by molar-refractivity contribution is -0.385. The maximum Gasteiger partial charge on any atom is 0.273 e. The summed E-state index contributed by atoms with van der Waals surface area (Å²) in [5.74, 6) is 0.512. The van der Waals surface area contributed by atoms with Gasteiger partial charge < -0.3 is 9.42 Å². The molecule has 0 bridgehead atoms. The number of hydrogen-bond acceptors (Lipinski definition) is 6. The number of nitrogens with zero attached hydrogens (tertiary/aromatic N) is 4. The molecule has 1 amide bonds. The lowest BCUT2D eigenvalue weighted by atomic mass is 10.1. The van der Waals surface area contributed by atoms with Crippen LogP contribution in [-0.2, 0) is 17.8 Å². The van der Waals surface area contributed by atoms with Crippen molar-refractivity contribution < 1.29 is 14.2 Å². The third kappa shape index (κ3) is 4.40. The molecule has 0 N–H and O–H groups in total. The van der Waals surface area contributed by atoms with Crippen molar-refractivity contribution >= 4 is 11.6 Å². The van der Waals surface area contributed by atoms with Gasteiger partial charge in [0.25, 0.3) is 5.69 Å². The topological polar surface area (TPSA) is 102 Å². The number of rotatable bonds is 7. The largest absolute Gasteiger partial charge is 0.337 e. The molecule has 0 saturated heterocycles. The van der Waals surface area contributed by atoms with Gasteiger partial charge in [-0.05, 0) is 13.8 Å². The van der Waals surface area contributed by atoms with Crippen molar-refractivity contribution in [3.8, 4) is 11.4 Å². The summed E-state index contributed by atoms with van der Waals surface area (Å²) >= 11 is 0. The first-order chi connectivity index (χ1) is 13.5. The van der Waals surface area contributed by atoms with Crippen LogP contribution in [-0.4, -0.2) is 31.9 Å². The first-order valence-corrected chi connectivity index (χ1v) is 8.85. The fourth-order valence-corrected chi connectivity index (χ4v) is 2.83. The van der Waals surface area contributed by atoms with E-state index in [1.807, 2.05) is 44.2 Å². The Kier molecular flexibility index (Phi) is 5.78. The number of nitro groups is 1. The van der Waals surface area contributed by atoms with E-state index in [1.54, 1.807) is 23.1 Å². The Morgan fingerprint density at radius 2 is 1.82 bits per heavy atom. The van der Waals surface area contributed by atoms with Crippen molar-refractivity contribution in [2.45, 2.75) is 32.9 Å². The molecule has 0 saturated carbocycles. The van der Waals surface area contributed by atoms with Crippen LogP contribution < -0.4 is 0 Å². The maximum absolute atomic E-state index is 12.8. The number of carbonyl (C=O) groups excluding carboxylic acids is 1. The second-order valence-corrected chi connectivity index (χ2v) is 6.56. The highest BCUT2D eigenvalue weighted by Gasteiger charge is 2.23. The smallest absolute Gasteiger partial charge is 0.273 e. The third-order valence-electron chi connectivity index (χ3n) is 4.28. The van der Waals surface area contributed by atoms with Crippen LogP contribution in [0.5, 0.6) is 0 Å². The zero-order valence-corrected chi connectivity index (χ0v) is 15.6.